The summed E-state index contributed by atoms with van der Waals surface area (Å²) >= 11 is 0. The van der Waals surface area contributed by atoms with Crippen molar-refractivity contribution in [3.05, 3.63) is 0 Å². The minimum Gasteiger partial charge on any atom is -0.359 e. The van der Waals surface area contributed by atoms with Gasteiger partial charge in [-0.05, 0) is 235 Å². The second-order valence-electron chi connectivity index (χ2n) is 26.2. The van der Waals surface area contributed by atoms with Gasteiger partial charge in [-0.15, -0.1) is 0 Å². The molecular formula is C66H125N7O7. The predicted molar refractivity (Wildman–Crippen MR) is 330 cm³/mol. The first kappa shape index (κ1) is 74.3. The molecule has 0 aromatic heterocycles. The molecule has 0 atom stereocenters. The molecule has 6 N–H and O–H groups in total. The summed E-state index contributed by atoms with van der Waals surface area (Å²) in [7, 11) is 10.6. The van der Waals surface area contributed by atoms with Gasteiger partial charge in [0.1, 0.15) is 0 Å². The van der Waals surface area contributed by atoms with Crippen LogP contribution in [0.5, 0.6) is 0 Å². The minimum absolute atomic E-state index is 0.233. The molecule has 0 aromatic carbocycles. The lowest BCUT2D eigenvalue weighted by molar-refractivity contribution is -0.134. The first-order valence-corrected chi connectivity index (χ1v) is 32.7. The van der Waals surface area contributed by atoms with Crippen LogP contribution in [0.1, 0.15) is 242 Å². The van der Waals surface area contributed by atoms with Gasteiger partial charge in [-0.2, -0.15) is 0 Å². The molecule has 7 amide bonds. The molecule has 0 aliphatic heterocycles. The number of hydrogen-bond acceptors (Lipinski definition) is 7. The highest BCUT2D eigenvalue weighted by molar-refractivity contribution is 5.80. The largest absolute Gasteiger partial charge is 0.359 e. The summed E-state index contributed by atoms with van der Waals surface area (Å²) in [4.78, 5) is 80.7. The minimum atomic E-state index is 0.233. The van der Waals surface area contributed by atoms with Crippen molar-refractivity contribution < 1.29 is 33.6 Å². The molecule has 466 valence electrons. The van der Waals surface area contributed by atoms with Gasteiger partial charge in [-0.3, -0.25) is 33.6 Å². The van der Waals surface area contributed by atoms with Crippen molar-refractivity contribution in [3.63, 3.8) is 0 Å². The fraction of sp³-hybridized carbons (Fsp3) is 0.894. The van der Waals surface area contributed by atoms with E-state index in [4.69, 9.17) is 0 Å². The van der Waals surface area contributed by atoms with Gasteiger partial charge >= 0.3 is 0 Å². The maximum atomic E-state index is 11.5. The van der Waals surface area contributed by atoms with Crippen LogP contribution in [0.25, 0.3) is 0 Å². The maximum Gasteiger partial charge on any atom is 0.225 e. The second kappa shape index (κ2) is 43.0. The lowest BCUT2D eigenvalue weighted by Crippen LogP contribution is -2.32. The lowest BCUT2D eigenvalue weighted by atomic mass is 9.82. The number of hydrogen-bond donors (Lipinski definition) is 6. The Morgan fingerprint density at radius 1 is 0.275 bits per heavy atom. The monoisotopic (exact) mass is 1130 g/mol. The summed E-state index contributed by atoms with van der Waals surface area (Å²) in [5, 5.41) is 16.6. The van der Waals surface area contributed by atoms with E-state index in [1.54, 1.807) is 33.1 Å². The molecule has 0 saturated heterocycles. The third kappa shape index (κ3) is 31.6. The highest BCUT2D eigenvalue weighted by atomic mass is 16.2. The third-order valence-electron chi connectivity index (χ3n) is 18.8. The van der Waals surface area contributed by atoms with Crippen molar-refractivity contribution in [2.24, 2.45) is 82.9 Å². The molecule has 0 heterocycles. The van der Waals surface area contributed by atoms with Crippen LogP contribution in [0.15, 0.2) is 0 Å². The molecule has 7 rings (SSSR count). The highest BCUT2D eigenvalue weighted by Crippen LogP contribution is 2.33. The fourth-order valence-corrected chi connectivity index (χ4v) is 12.5. The number of amides is 7. The van der Waals surface area contributed by atoms with Gasteiger partial charge in [0.15, 0.2) is 0 Å². The zero-order valence-electron chi connectivity index (χ0n) is 54.1. The van der Waals surface area contributed by atoms with E-state index in [9.17, 15) is 33.6 Å². The van der Waals surface area contributed by atoms with E-state index >= 15 is 0 Å². The molecule has 7 aliphatic carbocycles. The van der Waals surface area contributed by atoms with Gasteiger partial charge in [0, 0.05) is 96.8 Å². The maximum absolute atomic E-state index is 11.5. The number of nitrogens with zero attached hydrogens (tertiary/aromatic N) is 1. The van der Waals surface area contributed by atoms with Crippen LogP contribution in [0.3, 0.4) is 0 Å². The first-order chi connectivity index (χ1) is 38.0. The van der Waals surface area contributed by atoms with Crippen LogP contribution in [-0.4, -0.2) is 102 Å². The van der Waals surface area contributed by atoms with E-state index < -0.39 is 0 Å². The van der Waals surface area contributed by atoms with Crippen molar-refractivity contribution in [1.29, 1.82) is 0 Å². The van der Waals surface area contributed by atoms with E-state index in [-0.39, 0.29) is 35.4 Å². The van der Waals surface area contributed by atoms with Gasteiger partial charge in [0.25, 0.3) is 0 Å². The molecule has 7 saturated carbocycles. The summed E-state index contributed by atoms with van der Waals surface area (Å²) in [6.07, 6.45) is 32.3. The Balaban J connectivity index is 0.000000467. The molecule has 14 heteroatoms. The molecule has 0 bridgehead atoms. The van der Waals surface area contributed by atoms with Crippen molar-refractivity contribution in [3.8, 4) is 0 Å². The van der Waals surface area contributed by atoms with Gasteiger partial charge in [-0.25, -0.2) is 0 Å². The normalized spacial score (nSPS) is 30.7. The molecule has 7 fully saturated rings. The number of carbonyl (C=O) groups is 7. The van der Waals surface area contributed by atoms with E-state index in [1.165, 1.54) is 89.9 Å². The van der Waals surface area contributed by atoms with Crippen molar-refractivity contribution in [2.45, 2.75) is 242 Å². The van der Waals surface area contributed by atoms with E-state index in [0.29, 0.717) is 47.3 Å². The molecule has 0 radical (unpaired) electrons. The Morgan fingerprint density at radius 2 is 0.425 bits per heavy atom. The average Bonchev–Trinajstić information content (AvgIpc) is 3.46. The third-order valence-corrected chi connectivity index (χ3v) is 18.8. The van der Waals surface area contributed by atoms with Crippen LogP contribution in [0, 0.1) is 82.9 Å². The molecule has 14 nitrogen and oxygen atoms in total. The standard InChI is InChI=1S/3C10H19NO.4C9H17NO/c1-8-4-6-9(7-5-8)10(12)11(2)3;2*1-3-11-10(12)9-6-4-8(2)5-7-9;4*1-7-3-5-8(6-4-7)9(11)10-2/h8-9H,4-7H2,1-3H3;2*8-9H,3-7H2,1-2H3,(H,11,12);4*7-8H,3-6H2,1-2H3,(H,10,11). The molecule has 80 heavy (non-hydrogen) atoms. The zero-order chi connectivity index (χ0) is 60.2. The fourth-order valence-electron chi connectivity index (χ4n) is 12.5. The van der Waals surface area contributed by atoms with Crippen molar-refractivity contribution in [2.75, 3.05) is 55.4 Å². The van der Waals surface area contributed by atoms with Gasteiger partial charge < -0.3 is 36.8 Å². The van der Waals surface area contributed by atoms with Crippen LogP contribution in [-0.2, 0) is 33.6 Å². The van der Waals surface area contributed by atoms with Gasteiger partial charge in [0.05, 0.1) is 0 Å². The van der Waals surface area contributed by atoms with Crippen LogP contribution < -0.4 is 31.9 Å². The SMILES string of the molecule is CC1CCC(C(=O)N(C)C)CC1.CCNC(=O)C1CCC(C)CC1.CCNC(=O)C1CCC(C)CC1.CNC(=O)C1CCC(C)CC1.CNC(=O)C1CCC(C)CC1.CNC(=O)C1CCC(C)CC1.CNC(=O)C1CCC(C)CC1. The molecule has 0 unspecified atom stereocenters. The molecule has 0 aromatic rings. The van der Waals surface area contributed by atoms with Crippen molar-refractivity contribution >= 4 is 41.4 Å². The van der Waals surface area contributed by atoms with Crippen LogP contribution in [0.2, 0.25) is 0 Å². The Hall–Kier alpha value is -3.71. The summed E-state index contributed by atoms with van der Waals surface area (Å²) in [6.45, 7) is 21.4. The Bertz CT molecular complexity index is 1520. The van der Waals surface area contributed by atoms with Crippen LogP contribution in [0.4, 0.5) is 0 Å². The van der Waals surface area contributed by atoms with Crippen LogP contribution >= 0.6 is 0 Å². The smallest absolute Gasteiger partial charge is 0.225 e. The Kier molecular flexibility index (Phi) is 39.9. The summed E-state index contributed by atoms with van der Waals surface area (Å²) < 4.78 is 0. The Morgan fingerprint density at radius 3 is 0.562 bits per heavy atom. The molecule has 0 spiro atoms. The average molecular weight is 1130 g/mol. The second-order valence-corrected chi connectivity index (χ2v) is 26.2. The number of rotatable bonds is 9. The highest BCUT2D eigenvalue weighted by Gasteiger charge is 2.29. The van der Waals surface area contributed by atoms with E-state index in [1.807, 2.05) is 27.9 Å². The van der Waals surface area contributed by atoms with Crippen molar-refractivity contribution in [1.82, 2.24) is 36.8 Å². The lowest BCUT2D eigenvalue weighted by Gasteiger charge is -2.27. The summed E-state index contributed by atoms with van der Waals surface area (Å²) in [6, 6.07) is 0. The summed E-state index contributed by atoms with van der Waals surface area (Å²) in [5.41, 5.74) is 0. The first-order valence-electron chi connectivity index (χ1n) is 32.7. The van der Waals surface area contributed by atoms with E-state index in [0.717, 1.165) is 144 Å². The summed E-state index contributed by atoms with van der Waals surface area (Å²) in [5.74, 6) is 9.73. The van der Waals surface area contributed by atoms with E-state index in [2.05, 4.69) is 80.4 Å². The molecule has 7 aliphatic rings. The predicted octanol–water partition coefficient (Wildman–Crippen LogP) is 12.0. The number of nitrogens with one attached hydrogen (secondary N) is 6. The van der Waals surface area contributed by atoms with Gasteiger partial charge in [-0.1, -0.05) is 48.5 Å². The quantitative estimate of drug-likeness (QED) is 0.132. The van der Waals surface area contributed by atoms with Gasteiger partial charge in [0.2, 0.25) is 41.4 Å². The Labute approximate surface area is 490 Å². The topological polar surface area (TPSA) is 195 Å². The zero-order valence-corrected chi connectivity index (χ0v) is 54.1. The number of carbonyl (C=O) groups excluding carboxylic acids is 7. The molecular weight excluding hydrogens is 1000 g/mol.